The molecule has 0 aliphatic heterocycles. The predicted molar refractivity (Wildman–Crippen MR) is 98.7 cm³/mol. The maximum absolute atomic E-state index is 5.59. The van der Waals surface area contributed by atoms with Gasteiger partial charge in [0.2, 0.25) is 0 Å². The molecular formula is C15H32IN3O2. The van der Waals surface area contributed by atoms with Crippen molar-refractivity contribution in [3.63, 3.8) is 0 Å². The molecule has 0 heterocycles. The highest BCUT2D eigenvalue weighted by atomic mass is 127. The number of nitrogens with zero attached hydrogens (tertiary/aromatic N) is 1. The van der Waals surface area contributed by atoms with Crippen LogP contribution in [-0.2, 0) is 9.47 Å². The lowest BCUT2D eigenvalue weighted by Gasteiger charge is -2.11. The Hall–Kier alpha value is -0.0800. The molecule has 0 radical (unpaired) electrons. The van der Waals surface area contributed by atoms with Gasteiger partial charge in [-0.05, 0) is 44.9 Å². The van der Waals surface area contributed by atoms with Crippen LogP contribution >= 0.6 is 24.0 Å². The van der Waals surface area contributed by atoms with E-state index in [0.29, 0.717) is 0 Å². The van der Waals surface area contributed by atoms with Crippen LogP contribution in [0.3, 0.4) is 0 Å². The van der Waals surface area contributed by atoms with Gasteiger partial charge in [0.25, 0.3) is 0 Å². The van der Waals surface area contributed by atoms with Crippen molar-refractivity contribution in [2.24, 2.45) is 10.9 Å². The summed E-state index contributed by atoms with van der Waals surface area (Å²) in [7, 11) is 1.80. The number of ether oxygens (including phenoxy) is 2. The summed E-state index contributed by atoms with van der Waals surface area (Å²) in [6.45, 7) is 7.32. The van der Waals surface area contributed by atoms with Gasteiger partial charge in [-0.2, -0.15) is 0 Å². The zero-order valence-electron chi connectivity index (χ0n) is 13.5. The molecule has 1 fully saturated rings. The molecule has 0 bridgehead atoms. The Balaban J connectivity index is 0.00000400. The first-order valence-electron chi connectivity index (χ1n) is 7.96. The Morgan fingerprint density at radius 1 is 1.05 bits per heavy atom. The monoisotopic (exact) mass is 413 g/mol. The number of aliphatic imine (C=N–C) groups is 1. The van der Waals surface area contributed by atoms with Gasteiger partial charge in [-0.3, -0.25) is 4.99 Å². The number of hydrogen-bond acceptors (Lipinski definition) is 3. The summed E-state index contributed by atoms with van der Waals surface area (Å²) in [6.07, 6.45) is 5.94. The normalized spacial score (nSPS) is 14.7. The molecule has 0 aromatic heterocycles. The van der Waals surface area contributed by atoms with E-state index in [1.807, 2.05) is 6.92 Å². The van der Waals surface area contributed by atoms with Crippen molar-refractivity contribution in [3.8, 4) is 0 Å². The second-order valence-corrected chi connectivity index (χ2v) is 5.20. The molecule has 1 rings (SSSR count). The standard InChI is InChI=1S/C15H31N3O2.HI/c1-3-19-11-5-4-9-17-15(16-2)18-10-6-12-20-13-14-7-8-14;/h14H,3-13H2,1-2H3,(H2,16,17,18);1H. The van der Waals surface area contributed by atoms with Crippen molar-refractivity contribution in [3.05, 3.63) is 0 Å². The Kier molecular flexibility index (Phi) is 14.8. The molecule has 0 atom stereocenters. The first-order chi connectivity index (χ1) is 9.86. The van der Waals surface area contributed by atoms with Crippen LogP contribution in [0.25, 0.3) is 0 Å². The molecule has 0 unspecified atom stereocenters. The average Bonchev–Trinajstić information content (AvgIpc) is 3.28. The molecule has 0 amide bonds. The molecule has 0 aromatic carbocycles. The van der Waals surface area contributed by atoms with E-state index < -0.39 is 0 Å². The van der Waals surface area contributed by atoms with Gasteiger partial charge >= 0.3 is 0 Å². The maximum atomic E-state index is 5.59. The highest BCUT2D eigenvalue weighted by Gasteiger charge is 2.20. The second kappa shape index (κ2) is 14.8. The van der Waals surface area contributed by atoms with Crippen LogP contribution < -0.4 is 10.6 Å². The first-order valence-corrected chi connectivity index (χ1v) is 7.96. The van der Waals surface area contributed by atoms with E-state index in [-0.39, 0.29) is 24.0 Å². The molecule has 1 aliphatic rings. The fraction of sp³-hybridized carbons (Fsp3) is 0.933. The van der Waals surface area contributed by atoms with Crippen LogP contribution in [0.15, 0.2) is 4.99 Å². The van der Waals surface area contributed by atoms with Gasteiger partial charge in [-0.15, -0.1) is 24.0 Å². The molecule has 0 spiro atoms. The van der Waals surface area contributed by atoms with E-state index in [1.165, 1.54) is 12.8 Å². The highest BCUT2D eigenvalue weighted by Crippen LogP contribution is 2.28. The van der Waals surface area contributed by atoms with Gasteiger partial charge in [0.1, 0.15) is 0 Å². The fourth-order valence-electron chi connectivity index (χ4n) is 1.82. The van der Waals surface area contributed by atoms with Crippen LogP contribution in [0.4, 0.5) is 0 Å². The fourth-order valence-corrected chi connectivity index (χ4v) is 1.82. The van der Waals surface area contributed by atoms with Gasteiger partial charge in [-0.25, -0.2) is 0 Å². The van der Waals surface area contributed by atoms with Crippen molar-refractivity contribution in [2.45, 2.75) is 39.0 Å². The summed E-state index contributed by atoms with van der Waals surface area (Å²) < 4.78 is 10.9. The topological polar surface area (TPSA) is 54.9 Å². The number of unbranched alkanes of at least 4 members (excludes halogenated alkanes) is 1. The van der Waals surface area contributed by atoms with Crippen molar-refractivity contribution in [1.29, 1.82) is 0 Å². The zero-order chi connectivity index (χ0) is 14.5. The molecule has 126 valence electrons. The van der Waals surface area contributed by atoms with E-state index in [1.54, 1.807) is 7.05 Å². The van der Waals surface area contributed by atoms with Gasteiger partial charge in [0.05, 0.1) is 0 Å². The lowest BCUT2D eigenvalue weighted by atomic mass is 10.3. The Morgan fingerprint density at radius 3 is 2.33 bits per heavy atom. The van der Waals surface area contributed by atoms with Crippen molar-refractivity contribution in [1.82, 2.24) is 10.6 Å². The van der Waals surface area contributed by atoms with E-state index in [4.69, 9.17) is 9.47 Å². The number of guanidine groups is 1. The molecule has 0 aromatic rings. The van der Waals surface area contributed by atoms with Crippen molar-refractivity contribution in [2.75, 3.05) is 46.6 Å². The Morgan fingerprint density at radius 2 is 1.71 bits per heavy atom. The quantitative estimate of drug-likeness (QED) is 0.223. The molecule has 21 heavy (non-hydrogen) atoms. The maximum Gasteiger partial charge on any atom is 0.190 e. The molecule has 0 saturated heterocycles. The van der Waals surface area contributed by atoms with E-state index >= 15 is 0 Å². The number of rotatable bonds is 12. The highest BCUT2D eigenvalue weighted by molar-refractivity contribution is 14.0. The molecule has 1 aliphatic carbocycles. The average molecular weight is 413 g/mol. The van der Waals surface area contributed by atoms with Crippen LogP contribution in [0.5, 0.6) is 0 Å². The smallest absolute Gasteiger partial charge is 0.190 e. The van der Waals surface area contributed by atoms with Gasteiger partial charge in [0.15, 0.2) is 5.96 Å². The SMILES string of the molecule is CCOCCCCNC(=NC)NCCCOCC1CC1.I. The second-order valence-electron chi connectivity index (χ2n) is 5.20. The van der Waals surface area contributed by atoms with Crippen molar-refractivity contribution < 1.29 is 9.47 Å². The third kappa shape index (κ3) is 13.3. The summed E-state index contributed by atoms with van der Waals surface area (Å²) in [6, 6.07) is 0. The summed E-state index contributed by atoms with van der Waals surface area (Å²) in [5, 5.41) is 6.61. The molecule has 5 nitrogen and oxygen atoms in total. The van der Waals surface area contributed by atoms with Gasteiger partial charge < -0.3 is 20.1 Å². The lowest BCUT2D eigenvalue weighted by molar-refractivity contribution is 0.123. The third-order valence-corrected chi connectivity index (χ3v) is 3.24. The minimum Gasteiger partial charge on any atom is -0.382 e. The summed E-state index contributed by atoms with van der Waals surface area (Å²) in [5.74, 6) is 1.73. The van der Waals surface area contributed by atoms with E-state index in [2.05, 4.69) is 15.6 Å². The molecule has 2 N–H and O–H groups in total. The van der Waals surface area contributed by atoms with E-state index in [0.717, 1.165) is 70.7 Å². The first kappa shape index (κ1) is 20.9. The van der Waals surface area contributed by atoms with Crippen LogP contribution in [0.1, 0.15) is 39.0 Å². The van der Waals surface area contributed by atoms with Gasteiger partial charge in [0, 0.05) is 46.6 Å². The van der Waals surface area contributed by atoms with Crippen LogP contribution in [-0.4, -0.2) is 52.5 Å². The van der Waals surface area contributed by atoms with Gasteiger partial charge in [-0.1, -0.05) is 0 Å². The number of hydrogen-bond donors (Lipinski definition) is 2. The predicted octanol–water partition coefficient (Wildman–Crippen LogP) is 2.40. The number of nitrogens with one attached hydrogen (secondary N) is 2. The summed E-state index contributed by atoms with van der Waals surface area (Å²) >= 11 is 0. The lowest BCUT2D eigenvalue weighted by Crippen LogP contribution is -2.38. The summed E-state index contributed by atoms with van der Waals surface area (Å²) in [5.41, 5.74) is 0. The Labute approximate surface area is 146 Å². The van der Waals surface area contributed by atoms with E-state index in [9.17, 15) is 0 Å². The molecular weight excluding hydrogens is 381 g/mol. The Bertz CT molecular complexity index is 261. The minimum absolute atomic E-state index is 0. The molecule has 6 heteroatoms. The van der Waals surface area contributed by atoms with Crippen LogP contribution in [0, 0.1) is 5.92 Å². The number of halogens is 1. The summed E-state index contributed by atoms with van der Waals surface area (Å²) in [4.78, 5) is 4.20. The van der Waals surface area contributed by atoms with Crippen LogP contribution in [0.2, 0.25) is 0 Å². The minimum atomic E-state index is 0. The largest absolute Gasteiger partial charge is 0.382 e. The third-order valence-electron chi connectivity index (χ3n) is 3.24. The van der Waals surface area contributed by atoms with Crippen molar-refractivity contribution >= 4 is 29.9 Å². The molecule has 1 saturated carbocycles. The zero-order valence-corrected chi connectivity index (χ0v) is 15.9.